The molecule has 0 aliphatic rings. The van der Waals surface area contributed by atoms with Gasteiger partial charge in [0.1, 0.15) is 6.61 Å². The minimum absolute atomic E-state index is 0.462. The molecule has 0 radical (unpaired) electrons. The number of hydrogen-bond donors (Lipinski definition) is 0. The fourth-order valence-corrected chi connectivity index (χ4v) is 1.07. The molecule has 72 valence electrons. The smallest absolute Gasteiger partial charge is 0.128 e. The van der Waals surface area contributed by atoms with Crippen molar-refractivity contribution in [3.8, 4) is 12.3 Å². The van der Waals surface area contributed by atoms with Crippen LogP contribution in [0.5, 0.6) is 0 Å². The molecule has 0 bridgehead atoms. The van der Waals surface area contributed by atoms with Crippen molar-refractivity contribution in [1.82, 2.24) is 0 Å². The first-order valence-corrected chi connectivity index (χ1v) is 4.96. The Bertz CT molecular complexity index is 337. The van der Waals surface area contributed by atoms with Crippen LogP contribution in [0.3, 0.4) is 0 Å². The van der Waals surface area contributed by atoms with Crippen molar-refractivity contribution >= 4 is 22.1 Å². The molecule has 0 unspecified atom stereocenters. The monoisotopic (exact) mass is 251 g/mol. The van der Waals surface area contributed by atoms with Crippen molar-refractivity contribution < 1.29 is 4.84 Å². The van der Waals surface area contributed by atoms with Crippen LogP contribution in [0.2, 0.25) is 0 Å². The lowest BCUT2D eigenvalue weighted by Gasteiger charge is -1.94. The number of rotatable bonds is 4. The van der Waals surface area contributed by atoms with Gasteiger partial charge in [-0.15, -0.1) is 12.3 Å². The van der Waals surface area contributed by atoms with E-state index in [0.717, 1.165) is 10.0 Å². The molecule has 3 heteroatoms. The van der Waals surface area contributed by atoms with Gasteiger partial charge in [0.05, 0.1) is 6.21 Å². The molecule has 0 heterocycles. The molecular weight excluding hydrogens is 242 g/mol. The van der Waals surface area contributed by atoms with Crippen molar-refractivity contribution in [2.75, 3.05) is 6.61 Å². The van der Waals surface area contributed by atoms with Gasteiger partial charge in [-0.1, -0.05) is 33.2 Å². The van der Waals surface area contributed by atoms with Crippen LogP contribution < -0.4 is 0 Å². The quantitative estimate of drug-likeness (QED) is 0.349. The maximum Gasteiger partial charge on any atom is 0.128 e. The minimum atomic E-state index is 0.462. The van der Waals surface area contributed by atoms with Gasteiger partial charge in [-0.2, -0.15) is 0 Å². The van der Waals surface area contributed by atoms with Crippen LogP contribution in [0, 0.1) is 12.3 Å². The molecule has 0 fully saturated rings. The van der Waals surface area contributed by atoms with E-state index in [0.29, 0.717) is 13.0 Å². The Balaban J connectivity index is 2.37. The van der Waals surface area contributed by atoms with Crippen molar-refractivity contribution in [3.05, 3.63) is 34.3 Å². The lowest BCUT2D eigenvalue weighted by Crippen LogP contribution is -1.87. The van der Waals surface area contributed by atoms with E-state index in [9.17, 15) is 0 Å². The standard InChI is InChI=1S/C11H10BrNO/c1-2-3-8-14-13-9-10-4-6-11(12)7-5-10/h1,4-7,9H,3,8H2. The van der Waals surface area contributed by atoms with Crippen molar-refractivity contribution in [2.45, 2.75) is 6.42 Å². The summed E-state index contributed by atoms with van der Waals surface area (Å²) < 4.78 is 1.04. The Kier molecular flexibility index (Phi) is 4.81. The highest BCUT2D eigenvalue weighted by atomic mass is 79.9. The first kappa shape index (κ1) is 10.8. The van der Waals surface area contributed by atoms with Crippen molar-refractivity contribution in [3.63, 3.8) is 0 Å². The highest BCUT2D eigenvalue weighted by molar-refractivity contribution is 9.10. The maximum atomic E-state index is 5.05. The van der Waals surface area contributed by atoms with Gasteiger partial charge in [0.15, 0.2) is 0 Å². The third-order valence-electron chi connectivity index (χ3n) is 1.48. The fraction of sp³-hybridized carbons (Fsp3) is 0.182. The predicted molar refractivity (Wildman–Crippen MR) is 61.1 cm³/mol. The molecular formula is C11H10BrNO. The van der Waals surface area contributed by atoms with Gasteiger partial charge in [-0.05, 0) is 17.7 Å². The largest absolute Gasteiger partial charge is 0.395 e. The number of hydrogen-bond acceptors (Lipinski definition) is 2. The highest BCUT2D eigenvalue weighted by Gasteiger charge is 1.87. The van der Waals surface area contributed by atoms with Crippen LogP contribution >= 0.6 is 15.9 Å². The Morgan fingerprint density at radius 2 is 2.14 bits per heavy atom. The Labute approximate surface area is 92.1 Å². The number of terminal acetylenes is 1. The van der Waals surface area contributed by atoms with Gasteiger partial charge in [-0.3, -0.25) is 0 Å². The minimum Gasteiger partial charge on any atom is -0.395 e. The molecule has 2 nitrogen and oxygen atoms in total. The zero-order chi connectivity index (χ0) is 10.2. The molecule has 0 aromatic heterocycles. The Morgan fingerprint density at radius 3 is 2.79 bits per heavy atom. The number of oxime groups is 1. The summed E-state index contributed by atoms with van der Waals surface area (Å²) in [6.07, 6.45) is 7.29. The first-order valence-electron chi connectivity index (χ1n) is 4.17. The second-order valence-electron chi connectivity index (χ2n) is 2.57. The summed E-state index contributed by atoms with van der Waals surface area (Å²) >= 11 is 3.35. The molecule has 0 atom stereocenters. The average molecular weight is 252 g/mol. The highest BCUT2D eigenvalue weighted by Crippen LogP contribution is 2.08. The van der Waals surface area contributed by atoms with Gasteiger partial charge in [0.25, 0.3) is 0 Å². The normalized spacial score (nSPS) is 10.0. The van der Waals surface area contributed by atoms with E-state index in [1.807, 2.05) is 24.3 Å². The Hall–Kier alpha value is -1.27. The van der Waals surface area contributed by atoms with Crippen molar-refractivity contribution in [2.24, 2.45) is 5.16 Å². The first-order chi connectivity index (χ1) is 6.83. The van der Waals surface area contributed by atoms with E-state index in [-0.39, 0.29) is 0 Å². The lowest BCUT2D eigenvalue weighted by molar-refractivity contribution is 0.152. The molecule has 1 aromatic carbocycles. The summed E-state index contributed by atoms with van der Waals surface area (Å²) in [5, 5.41) is 3.77. The summed E-state index contributed by atoms with van der Waals surface area (Å²) in [4.78, 5) is 4.92. The number of nitrogens with zero attached hydrogens (tertiary/aromatic N) is 1. The summed E-state index contributed by atoms with van der Waals surface area (Å²) in [5.74, 6) is 2.47. The zero-order valence-corrected chi connectivity index (χ0v) is 9.20. The molecule has 0 N–H and O–H groups in total. The van der Waals surface area contributed by atoms with Crippen LogP contribution in [-0.2, 0) is 4.84 Å². The fourth-order valence-electron chi connectivity index (χ4n) is 0.804. The topological polar surface area (TPSA) is 21.6 Å². The Morgan fingerprint density at radius 1 is 1.43 bits per heavy atom. The van der Waals surface area contributed by atoms with Crippen LogP contribution in [0.1, 0.15) is 12.0 Å². The van der Waals surface area contributed by atoms with Gasteiger partial charge in [-0.25, -0.2) is 0 Å². The molecule has 0 aliphatic carbocycles. The second kappa shape index (κ2) is 6.22. The van der Waals surface area contributed by atoms with Crippen LogP contribution in [0.4, 0.5) is 0 Å². The predicted octanol–water partition coefficient (Wildman–Crippen LogP) is 2.82. The third kappa shape index (κ3) is 4.11. The molecule has 0 spiro atoms. The molecule has 0 saturated heterocycles. The molecule has 0 aliphatic heterocycles. The molecule has 14 heavy (non-hydrogen) atoms. The van der Waals surface area contributed by atoms with E-state index in [1.165, 1.54) is 0 Å². The lowest BCUT2D eigenvalue weighted by atomic mass is 10.2. The average Bonchev–Trinajstić information content (AvgIpc) is 2.21. The maximum absolute atomic E-state index is 5.05. The van der Waals surface area contributed by atoms with E-state index >= 15 is 0 Å². The van der Waals surface area contributed by atoms with Crippen LogP contribution in [0.25, 0.3) is 0 Å². The van der Waals surface area contributed by atoms with Crippen LogP contribution in [0.15, 0.2) is 33.9 Å². The molecule has 0 amide bonds. The summed E-state index contributed by atoms with van der Waals surface area (Å²) in [7, 11) is 0. The van der Waals surface area contributed by atoms with E-state index in [1.54, 1.807) is 6.21 Å². The summed E-state index contributed by atoms with van der Waals surface area (Å²) in [6.45, 7) is 0.462. The van der Waals surface area contributed by atoms with Crippen molar-refractivity contribution in [1.29, 1.82) is 0 Å². The zero-order valence-electron chi connectivity index (χ0n) is 7.61. The van der Waals surface area contributed by atoms with Crippen LogP contribution in [-0.4, -0.2) is 12.8 Å². The number of halogens is 1. The van der Waals surface area contributed by atoms with Gasteiger partial charge in [0.2, 0.25) is 0 Å². The van der Waals surface area contributed by atoms with Gasteiger partial charge >= 0.3 is 0 Å². The third-order valence-corrected chi connectivity index (χ3v) is 2.01. The molecule has 1 rings (SSSR count). The SMILES string of the molecule is C#CCCON=Cc1ccc(Br)cc1. The van der Waals surface area contributed by atoms with E-state index in [2.05, 4.69) is 27.0 Å². The second-order valence-corrected chi connectivity index (χ2v) is 3.49. The summed E-state index contributed by atoms with van der Waals surface area (Å²) in [6, 6.07) is 7.78. The number of benzene rings is 1. The van der Waals surface area contributed by atoms with Gasteiger partial charge < -0.3 is 4.84 Å². The summed E-state index contributed by atoms with van der Waals surface area (Å²) in [5.41, 5.74) is 0.994. The van der Waals surface area contributed by atoms with E-state index < -0.39 is 0 Å². The molecule has 0 saturated carbocycles. The van der Waals surface area contributed by atoms with Gasteiger partial charge in [0, 0.05) is 10.9 Å². The molecule has 1 aromatic rings. The van der Waals surface area contributed by atoms with E-state index in [4.69, 9.17) is 11.3 Å².